The molecule has 7 heteroatoms. The number of hydrogen-bond acceptors (Lipinski definition) is 6. The number of anilines is 1. The van der Waals surface area contributed by atoms with E-state index in [1.54, 1.807) is 13.2 Å². The summed E-state index contributed by atoms with van der Waals surface area (Å²) in [4.78, 5) is 17.4. The normalized spacial score (nSPS) is 14.5. The molecular formula is C12H14N4O2S. The van der Waals surface area contributed by atoms with Crippen LogP contribution < -0.4 is 4.90 Å². The van der Waals surface area contributed by atoms with Gasteiger partial charge in [-0.2, -0.15) is 5.26 Å². The van der Waals surface area contributed by atoms with Gasteiger partial charge in [0, 0.05) is 13.1 Å². The molecule has 1 aromatic heterocycles. The van der Waals surface area contributed by atoms with Crippen molar-refractivity contribution in [1.82, 2.24) is 4.98 Å². The number of pyridine rings is 1. The van der Waals surface area contributed by atoms with E-state index in [0.717, 1.165) is 25.9 Å². The first-order valence-corrected chi connectivity index (χ1v) is 7.20. The van der Waals surface area contributed by atoms with Gasteiger partial charge >= 0.3 is 5.69 Å². The second kappa shape index (κ2) is 5.45. The van der Waals surface area contributed by atoms with E-state index in [2.05, 4.69) is 11.1 Å². The molecule has 100 valence electrons. The van der Waals surface area contributed by atoms with Crippen LogP contribution in [0.15, 0.2) is 4.90 Å². The van der Waals surface area contributed by atoms with E-state index in [1.165, 1.54) is 11.8 Å². The monoisotopic (exact) mass is 278 g/mol. The summed E-state index contributed by atoms with van der Waals surface area (Å²) in [5, 5.41) is 20.5. The van der Waals surface area contributed by atoms with Crippen LogP contribution in [0.2, 0.25) is 0 Å². The minimum Gasteiger partial charge on any atom is -0.355 e. The summed E-state index contributed by atoms with van der Waals surface area (Å²) in [5.41, 5.74) is 0.647. The van der Waals surface area contributed by atoms with Crippen LogP contribution in [-0.2, 0) is 0 Å². The van der Waals surface area contributed by atoms with Gasteiger partial charge in [-0.3, -0.25) is 10.1 Å². The van der Waals surface area contributed by atoms with Crippen LogP contribution in [0.4, 0.5) is 11.5 Å². The van der Waals surface area contributed by atoms with Crippen LogP contribution in [0.5, 0.6) is 0 Å². The Morgan fingerprint density at radius 1 is 1.47 bits per heavy atom. The number of aryl methyl sites for hydroxylation is 1. The van der Waals surface area contributed by atoms with Crippen molar-refractivity contribution in [2.45, 2.75) is 24.7 Å². The molecule has 2 rings (SSSR count). The summed E-state index contributed by atoms with van der Waals surface area (Å²) in [6.45, 7) is 3.33. The summed E-state index contributed by atoms with van der Waals surface area (Å²) < 4.78 is 0. The van der Waals surface area contributed by atoms with Crippen LogP contribution in [0, 0.1) is 28.4 Å². The average Bonchev–Trinajstić information content (AvgIpc) is 2.90. The van der Waals surface area contributed by atoms with Gasteiger partial charge in [-0.25, -0.2) is 4.98 Å². The van der Waals surface area contributed by atoms with Gasteiger partial charge in [0.05, 0.1) is 4.92 Å². The van der Waals surface area contributed by atoms with Gasteiger partial charge in [-0.15, -0.1) is 11.8 Å². The van der Waals surface area contributed by atoms with Gasteiger partial charge in [0.2, 0.25) is 0 Å². The molecule has 0 saturated carbocycles. The van der Waals surface area contributed by atoms with Gasteiger partial charge in [0.1, 0.15) is 28.0 Å². The lowest BCUT2D eigenvalue weighted by Crippen LogP contribution is -2.21. The maximum atomic E-state index is 11.1. The van der Waals surface area contributed by atoms with Gasteiger partial charge < -0.3 is 4.90 Å². The first-order chi connectivity index (χ1) is 9.10. The van der Waals surface area contributed by atoms with Crippen molar-refractivity contribution < 1.29 is 4.92 Å². The third-order valence-electron chi connectivity index (χ3n) is 3.19. The fourth-order valence-corrected chi connectivity index (χ4v) is 3.08. The second-order valence-electron chi connectivity index (χ2n) is 4.34. The van der Waals surface area contributed by atoms with Crippen molar-refractivity contribution in [3.05, 3.63) is 21.4 Å². The SMILES string of the molecule is CSc1c(C#N)c(N2CCCC2)nc(C)c1[N+](=O)[O-]. The lowest BCUT2D eigenvalue weighted by Gasteiger charge is -2.19. The first-order valence-electron chi connectivity index (χ1n) is 5.98. The number of nitro groups is 1. The van der Waals surface area contributed by atoms with Crippen LogP contribution in [0.25, 0.3) is 0 Å². The Morgan fingerprint density at radius 3 is 2.58 bits per heavy atom. The molecular weight excluding hydrogens is 264 g/mol. The number of nitrogens with zero attached hydrogens (tertiary/aromatic N) is 4. The van der Waals surface area contributed by atoms with Crippen LogP contribution >= 0.6 is 11.8 Å². The summed E-state index contributed by atoms with van der Waals surface area (Å²) in [7, 11) is 0. The third kappa shape index (κ3) is 2.36. The molecule has 1 fully saturated rings. The number of hydrogen-bond donors (Lipinski definition) is 0. The van der Waals surface area contributed by atoms with Gasteiger partial charge in [-0.1, -0.05) is 0 Å². The number of aromatic nitrogens is 1. The second-order valence-corrected chi connectivity index (χ2v) is 5.16. The molecule has 1 saturated heterocycles. The molecule has 0 bridgehead atoms. The van der Waals surface area contributed by atoms with Gasteiger partial charge in [0.15, 0.2) is 0 Å². The fourth-order valence-electron chi connectivity index (χ4n) is 2.32. The van der Waals surface area contributed by atoms with E-state index in [4.69, 9.17) is 0 Å². The lowest BCUT2D eigenvalue weighted by molar-refractivity contribution is -0.388. The highest BCUT2D eigenvalue weighted by atomic mass is 32.2. The minimum atomic E-state index is -0.456. The summed E-state index contributed by atoms with van der Waals surface area (Å²) in [5.74, 6) is 0.590. The Labute approximate surface area is 115 Å². The lowest BCUT2D eigenvalue weighted by atomic mass is 10.2. The Balaban J connectivity index is 2.66. The van der Waals surface area contributed by atoms with Crippen molar-refractivity contribution in [2.24, 2.45) is 0 Å². The van der Waals surface area contributed by atoms with E-state index in [1.807, 2.05) is 4.90 Å². The Morgan fingerprint density at radius 2 is 2.11 bits per heavy atom. The highest BCUT2D eigenvalue weighted by molar-refractivity contribution is 7.98. The van der Waals surface area contributed by atoms with E-state index >= 15 is 0 Å². The van der Waals surface area contributed by atoms with Crippen molar-refractivity contribution in [1.29, 1.82) is 5.26 Å². The number of rotatable bonds is 3. The third-order valence-corrected chi connectivity index (χ3v) is 3.99. The molecule has 2 heterocycles. The zero-order valence-corrected chi connectivity index (χ0v) is 11.7. The molecule has 1 aliphatic heterocycles. The van der Waals surface area contributed by atoms with E-state index in [9.17, 15) is 15.4 Å². The van der Waals surface area contributed by atoms with E-state index < -0.39 is 4.92 Å². The molecule has 0 radical (unpaired) electrons. The molecule has 0 unspecified atom stereocenters. The predicted octanol–water partition coefficient (Wildman–Crippen LogP) is 2.49. The van der Waals surface area contributed by atoms with Gasteiger partial charge in [0.25, 0.3) is 0 Å². The Bertz CT molecular complexity index is 562. The number of nitriles is 1. The van der Waals surface area contributed by atoms with Crippen molar-refractivity contribution >= 4 is 23.3 Å². The highest BCUT2D eigenvalue weighted by Gasteiger charge is 2.28. The smallest absolute Gasteiger partial charge is 0.305 e. The number of thioether (sulfide) groups is 1. The molecule has 0 aromatic carbocycles. The molecule has 0 amide bonds. The van der Waals surface area contributed by atoms with Crippen molar-refractivity contribution in [3.63, 3.8) is 0 Å². The molecule has 0 atom stereocenters. The maximum Gasteiger partial charge on any atom is 0.305 e. The quantitative estimate of drug-likeness (QED) is 0.480. The summed E-state index contributed by atoms with van der Waals surface area (Å²) in [6, 6.07) is 2.09. The van der Waals surface area contributed by atoms with Crippen molar-refractivity contribution in [3.8, 4) is 6.07 Å². The van der Waals surface area contributed by atoms with E-state index in [-0.39, 0.29) is 5.69 Å². The largest absolute Gasteiger partial charge is 0.355 e. The van der Waals surface area contributed by atoms with Crippen molar-refractivity contribution in [2.75, 3.05) is 24.2 Å². The molecule has 0 N–H and O–H groups in total. The van der Waals surface area contributed by atoms with E-state index in [0.29, 0.717) is 22.0 Å². The zero-order chi connectivity index (χ0) is 14.0. The standard InChI is InChI=1S/C12H14N4O2S/c1-8-10(16(17)18)11(19-2)9(7-13)12(14-8)15-5-3-4-6-15/h3-6H2,1-2H3. The van der Waals surface area contributed by atoms with Crippen LogP contribution in [0.1, 0.15) is 24.1 Å². The summed E-state index contributed by atoms with van der Waals surface area (Å²) in [6.07, 6.45) is 3.88. The molecule has 1 aromatic rings. The molecule has 0 spiro atoms. The first kappa shape index (κ1) is 13.6. The Hall–Kier alpha value is -1.81. The minimum absolute atomic E-state index is 0.0491. The van der Waals surface area contributed by atoms with Crippen LogP contribution in [-0.4, -0.2) is 29.3 Å². The topological polar surface area (TPSA) is 83.1 Å². The Kier molecular flexibility index (Phi) is 3.90. The molecule has 6 nitrogen and oxygen atoms in total. The summed E-state index contributed by atoms with van der Waals surface area (Å²) >= 11 is 1.23. The predicted molar refractivity (Wildman–Crippen MR) is 73.6 cm³/mol. The van der Waals surface area contributed by atoms with Gasteiger partial charge in [-0.05, 0) is 26.0 Å². The average molecular weight is 278 g/mol. The molecule has 0 aliphatic carbocycles. The van der Waals surface area contributed by atoms with Crippen LogP contribution in [0.3, 0.4) is 0 Å². The maximum absolute atomic E-state index is 11.1. The zero-order valence-electron chi connectivity index (χ0n) is 10.8. The molecule has 19 heavy (non-hydrogen) atoms. The highest BCUT2D eigenvalue weighted by Crippen LogP contribution is 2.38. The fraction of sp³-hybridized carbons (Fsp3) is 0.500. The molecule has 1 aliphatic rings.